The van der Waals surface area contributed by atoms with Crippen molar-refractivity contribution in [1.29, 1.82) is 0 Å². The van der Waals surface area contributed by atoms with Crippen LogP contribution in [0.2, 0.25) is 0 Å². The molecule has 0 N–H and O–H groups in total. The average Bonchev–Trinajstić information content (AvgIpc) is 2.56. The molecule has 0 radical (unpaired) electrons. The molecule has 2 aliphatic carbocycles. The molecule has 0 spiro atoms. The highest BCUT2D eigenvalue weighted by molar-refractivity contribution is 5.98. The number of fused-ring (bicyclic) bond motifs is 1. The molecule has 66 valence electrons. The van der Waals surface area contributed by atoms with E-state index in [9.17, 15) is 4.79 Å². The molecule has 2 saturated carbocycles. The van der Waals surface area contributed by atoms with Crippen LogP contribution in [0.25, 0.3) is 0 Å². The van der Waals surface area contributed by atoms with Crippen molar-refractivity contribution in [3.05, 3.63) is 11.6 Å². The van der Waals surface area contributed by atoms with E-state index in [1.165, 1.54) is 24.8 Å². The molecule has 2 fully saturated rings. The molecular formula is C11H16O. The molecule has 1 nitrogen and oxygen atoms in total. The van der Waals surface area contributed by atoms with Gasteiger partial charge < -0.3 is 0 Å². The van der Waals surface area contributed by atoms with Gasteiger partial charge in [0.2, 0.25) is 0 Å². The van der Waals surface area contributed by atoms with E-state index in [0.717, 1.165) is 18.8 Å². The number of allylic oxidation sites excluding steroid dienone is 2. The van der Waals surface area contributed by atoms with Crippen LogP contribution in [0.3, 0.4) is 0 Å². The van der Waals surface area contributed by atoms with Gasteiger partial charge >= 0.3 is 0 Å². The third-order valence-electron chi connectivity index (χ3n) is 3.25. The SMILES string of the molecule is CC/C=C1/C(=O)C[C@H]2CCC[C@@H]12. The lowest BCUT2D eigenvalue weighted by molar-refractivity contribution is -0.114. The summed E-state index contributed by atoms with van der Waals surface area (Å²) < 4.78 is 0. The second-order valence-electron chi connectivity index (χ2n) is 3.99. The van der Waals surface area contributed by atoms with Gasteiger partial charge in [-0.25, -0.2) is 0 Å². The van der Waals surface area contributed by atoms with Crippen LogP contribution in [-0.2, 0) is 4.79 Å². The van der Waals surface area contributed by atoms with Crippen LogP contribution in [0.15, 0.2) is 11.6 Å². The van der Waals surface area contributed by atoms with Crippen molar-refractivity contribution in [3.63, 3.8) is 0 Å². The largest absolute Gasteiger partial charge is 0.295 e. The zero-order valence-corrected chi connectivity index (χ0v) is 7.68. The lowest BCUT2D eigenvalue weighted by Gasteiger charge is -2.07. The van der Waals surface area contributed by atoms with Crippen molar-refractivity contribution < 1.29 is 4.79 Å². The maximum absolute atomic E-state index is 11.5. The Bertz CT molecular complexity index is 227. The van der Waals surface area contributed by atoms with Gasteiger partial charge in [0.15, 0.2) is 5.78 Å². The van der Waals surface area contributed by atoms with Gasteiger partial charge in [-0.05, 0) is 36.7 Å². The topological polar surface area (TPSA) is 17.1 Å². The van der Waals surface area contributed by atoms with Crippen LogP contribution in [0.1, 0.15) is 39.0 Å². The number of hydrogen-bond acceptors (Lipinski definition) is 1. The van der Waals surface area contributed by atoms with Crippen molar-refractivity contribution in [2.24, 2.45) is 11.8 Å². The average molecular weight is 164 g/mol. The molecule has 0 unspecified atom stereocenters. The molecule has 0 aliphatic heterocycles. The van der Waals surface area contributed by atoms with E-state index in [0.29, 0.717) is 11.7 Å². The highest BCUT2D eigenvalue weighted by Crippen LogP contribution is 2.45. The molecule has 0 heterocycles. The first kappa shape index (κ1) is 8.03. The van der Waals surface area contributed by atoms with Crippen LogP contribution >= 0.6 is 0 Å². The fourth-order valence-electron chi connectivity index (χ4n) is 2.74. The third kappa shape index (κ3) is 1.12. The molecule has 2 rings (SSSR count). The summed E-state index contributed by atoms with van der Waals surface area (Å²) in [5, 5.41) is 0. The Labute approximate surface area is 73.8 Å². The van der Waals surface area contributed by atoms with Gasteiger partial charge in [-0.1, -0.05) is 19.4 Å². The first-order chi connectivity index (χ1) is 5.83. The Kier molecular flexibility index (Phi) is 2.03. The van der Waals surface area contributed by atoms with Crippen molar-refractivity contribution in [2.45, 2.75) is 39.0 Å². The predicted octanol–water partition coefficient (Wildman–Crippen LogP) is 2.71. The van der Waals surface area contributed by atoms with Gasteiger partial charge in [-0.15, -0.1) is 0 Å². The van der Waals surface area contributed by atoms with Gasteiger partial charge in [0.1, 0.15) is 0 Å². The molecular weight excluding hydrogens is 148 g/mol. The fraction of sp³-hybridized carbons (Fsp3) is 0.727. The lowest BCUT2D eigenvalue weighted by atomic mass is 9.96. The highest BCUT2D eigenvalue weighted by atomic mass is 16.1. The van der Waals surface area contributed by atoms with E-state index >= 15 is 0 Å². The van der Waals surface area contributed by atoms with Crippen molar-refractivity contribution >= 4 is 5.78 Å². The maximum Gasteiger partial charge on any atom is 0.159 e. The first-order valence-corrected chi connectivity index (χ1v) is 5.06. The minimum absolute atomic E-state index is 0.437. The van der Waals surface area contributed by atoms with E-state index in [2.05, 4.69) is 13.0 Å². The Morgan fingerprint density at radius 3 is 3.08 bits per heavy atom. The predicted molar refractivity (Wildman–Crippen MR) is 48.8 cm³/mol. The van der Waals surface area contributed by atoms with Crippen LogP contribution in [0.4, 0.5) is 0 Å². The molecule has 0 aromatic heterocycles. The number of carbonyl (C=O) groups excluding carboxylic acids is 1. The number of rotatable bonds is 1. The lowest BCUT2D eigenvalue weighted by Crippen LogP contribution is -2.00. The van der Waals surface area contributed by atoms with Gasteiger partial charge in [0, 0.05) is 6.42 Å². The summed E-state index contributed by atoms with van der Waals surface area (Å²) in [6, 6.07) is 0. The molecule has 2 aliphatic rings. The van der Waals surface area contributed by atoms with Gasteiger partial charge in [-0.3, -0.25) is 4.79 Å². The molecule has 0 bridgehead atoms. The van der Waals surface area contributed by atoms with Crippen molar-refractivity contribution in [3.8, 4) is 0 Å². The van der Waals surface area contributed by atoms with Crippen LogP contribution in [0, 0.1) is 11.8 Å². The summed E-state index contributed by atoms with van der Waals surface area (Å²) in [6.45, 7) is 2.11. The summed E-state index contributed by atoms with van der Waals surface area (Å²) in [5.41, 5.74) is 1.17. The molecule has 0 aromatic carbocycles. The molecule has 1 heteroatoms. The second-order valence-corrected chi connectivity index (χ2v) is 3.99. The molecule has 0 amide bonds. The van der Waals surface area contributed by atoms with Crippen LogP contribution < -0.4 is 0 Å². The highest BCUT2D eigenvalue weighted by Gasteiger charge is 2.39. The molecule has 2 atom stereocenters. The zero-order valence-electron chi connectivity index (χ0n) is 7.68. The van der Waals surface area contributed by atoms with E-state index in [1.807, 2.05) is 0 Å². The zero-order chi connectivity index (χ0) is 8.55. The monoisotopic (exact) mass is 164 g/mol. The Balaban J connectivity index is 2.21. The number of hydrogen-bond donors (Lipinski definition) is 0. The Morgan fingerprint density at radius 2 is 2.33 bits per heavy atom. The third-order valence-corrected chi connectivity index (χ3v) is 3.25. The summed E-state index contributed by atoms with van der Waals surface area (Å²) in [5.74, 6) is 1.80. The fourth-order valence-corrected chi connectivity index (χ4v) is 2.74. The summed E-state index contributed by atoms with van der Waals surface area (Å²) in [6.07, 6.45) is 7.91. The number of ketones is 1. The van der Waals surface area contributed by atoms with E-state index in [1.54, 1.807) is 0 Å². The smallest absolute Gasteiger partial charge is 0.159 e. The minimum Gasteiger partial charge on any atom is -0.295 e. The number of Topliss-reactive ketones (excluding diaryl/α,β-unsaturated/α-hetero) is 1. The Hall–Kier alpha value is -0.590. The quantitative estimate of drug-likeness (QED) is 0.544. The van der Waals surface area contributed by atoms with Gasteiger partial charge in [0.25, 0.3) is 0 Å². The maximum atomic E-state index is 11.5. The summed E-state index contributed by atoms with van der Waals surface area (Å²) in [7, 11) is 0. The number of carbonyl (C=O) groups is 1. The van der Waals surface area contributed by atoms with E-state index < -0.39 is 0 Å². The van der Waals surface area contributed by atoms with Crippen molar-refractivity contribution in [2.75, 3.05) is 0 Å². The summed E-state index contributed by atoms with van der Waals surface area (Å²) in [4.78, 5) is 11.5. The Morgan fingerprint density at radius 1 is 1.50 bits per heavy atom. The first-order valence-electron chi connectivity index (χ1n) is 5.06. The van der Waals surface area contributed by atoms with Crippen molar-refractivity contribution in [1.82, 2.24) is 0 Å². The van der Waals surface area contributed by atoms with Gasteiger partial charge in [-0.2, -0.15) is 0 Å². The molecule has 12 heavy (non-hydrogen) atoms. The molecule has 0 saturated heterocycles. The summed E-state index contributed by atoms with van der Waals surface area (Å²) >= 11 is 0. The van der Waals surface area contributed by atoms with Crippen LogP contribution in [-0.4, -0.2) is 5.78 Å². The molecule has 0 aromatic rings. The second kappa shape index (κ2) is 3.04. The van der Waals surface area contributed by atoms with Crippen LogP contribution in [0.5, 0.6) is 0 Å². The van der Waals surface area contributed by atoms with E-state index in [-0.39, 0.29) is 0 Å². The normalized spacial score (nSPS) is 37.8. The van der Waals surface area contributed by atoms with Gasteiger partial charge in [0.05, 0.1) is 0 Å². The minimum atomic E-state index is 0.437. The standard InChI is InChI=1S/C11H16O/c1-2-4-10-9-6-3-5-8(9)7-11(10)12/h4,8-9H,2-3,5-7H2,1H3/b10-4+/t8-,9-/m1/s1. The van der Waals surface area contributed by atoms with E-state index in [4.69, 9.17) is 0 Å².